The zero-order valence-corrected chi connectivity index (χ0v) is 15.9. The second-order valence-corrected chi connectivity index (χ2v) is 6.83. The molecule has 0 aromatic heterocycles. The first kappa shape index (κ1) is 26.4. The largest absolute Gasteiger partial charge is 0.123 e. The summed E-state index contributed by atoms with van der Waals surface area (Å²) < 4.78 is 0. The van der Waals surface area contributed by atoms with Crippen molar-refractivity contribution in [3.8, 4) is 0 Å². The van der Waals surface area contributed by atoms with E-state index in [2.05, 4.69) is 41.5 Å². The molecule has 110 valence electrons. The summed E-state index contributed by atoms with van der Waals surface area (Å²) in [5, 5.41) is 0. The maximum atomic E-state index is 2.25. The maximum absolute atomic E-state index is 2.25. The Kier molecular flexibility index (Phi) is 67.8. The molecule has 0 amide bonds. The van der Waals surface area contributed by atoms with Gasteiger partial charge in [-0.25, -0.2) is 0 Å². The highest BCUT2D eigenvalue weighted by molar-refractivity contribution is 7.38. The van der Waals surface area contributed by atoms with Gasteiger partial charge in [0.05, 0.1) is 0 Å². The summed E-state index contributed by atoms with van der Waals surface area (Å²) in [5.41, 5.74) is 0. The van der Waals surface area contributed by atoms with Gasteiger partial charge in [0.25, 0.3) is 0 Å². The van der Waals surface area contributed by atoms with Gasteiger partial charge in [0.15, 0.2) is 0 Å². The van der Waals surface area contributed by atoms with E-state index in [4.69, 9.17) is 0 Å². The average molecular weight is 282 g/mol. The van der Waals surface area contributed by atoms with E-state index < -0.39 is 0 Å². The van der Waals surface area contributed by atoms with E-state index in [1.807, 2.05) is 13.8 Å². The molecule has 0 nitrogen and oxygen atoms in total. The van der Waals surface area contributed by atoms with Crippen molar-refractivity contribution in [3.05, 3.63) is 0 Å². The Hall–Kier alpha value is 0.860. The summed E-state index contributed by atoms with van der Waals surface area (Å²) in [7, 11) is 2.43. The predicted octanol–water partition coefficient (Wildman–Crippen LogP) is 6.63. The fraction of sp³-hybridized carbons (Fsp3) is 1.00. The Morgan fingerprint density at radius 2 is 0.882 bits per heavy atom. The zero-order valence-electron chi connectivity index (χ0n) is 13.9. The van der Waals surface area contributed by atoms with Crippen molar-refractivity contribution in [2.75, 3.05) is 24.6 Å². The monoisotopic (exact) mass is 282 g/mol. The molecule has 0 aliphatic rings. The standard InChI is InChI=1S/C6H15P.C4H11P.C3H8.C2H6/c1-3-5-7-6-4-2;1-3-5-4-2;1-3-2;1-2/h7H,3-6H2,1-2H3;5H,3-4H2,1-2H3;3H2,1-2H3;1-2H3. The van der Waals surface area contributed by atoms with Gasteiger partial charge >= 0.3 is 0 Å². The molecular formula is C15H40P2. The van der Waals surface area contributed by atoms with Gasteiger partial charge in [-0.2, -0.15) is 0 Å². The third-order valence-electron chi connectivity index (χ3n) is 1.35. The van der Waals surface area contributed by atoms with Crippen LogP contribution >= 0.6 is 17.2 Å². The van der Waals surface area contributed by atoms with Crippen LogP contribution in [0, 0.1) is 0 Å². The van der Waals surface area contributed by atoms with E-state index in [9.17, 15) is 0 Å². The summed E-state index contributed by atoms with van der Waals surface area (Å²) in [5.74, 6) is 0. The van der Waals surface area contributed by atoms with Crippen LogP contribution in [0.5, 0.6) is 0 Å². The van der Waals surface area contributed by atoms with Crippen LogP contribution < -0.4 is 0 Å². The van der Waals surface area contributed by atoms with Crippen molar-refractivity contribution in [1.29, 1.82) is 0 Å². The first-order chi connectivity index (χ1) is 8.24. The summed E-state index contributed by atoms with van der Waals surface area (Å²) >= 11 is 0. The van der Waals surface area contributed by atoms with Crippen molar-refractivity contribution in [1.82, 2.24) is 0 Å². The average Bonchev–Trinajstić information content (AvgIpc) is 2.35. The molecule has 0 spiro atoms. The Labute approximate surface area is 117 Å². The molecule has 0 radical (unpaired) electrons. The van der Waals surface area contributed by atoms with Gasteiger partial charge in [0.1, 0.15) is 0 Å². The number of hydrogen-bond acceptors (Lipinski definition) is 0. The van der Waals surface area contributed by atoms with Crippen molar-refractivity contribution >= 4 is 17.2 Å². The summed E-state index contributed by atoms with van der Waals surface area (Å²) in [6, 6.07) is 0. The summed E-state index contributed by atoms with van der Waals surface area (Å²) in [6.45, 7) is 17.2. The first-order valence-electron chi connectivity index (χ1n) is 7.66. The van der Waals surface area contributed by atoms with Crippen LogP contribution in [0.1, 0.15) is 74.7 Å². The van der Waals surface area contributed by atoms with Crippen LogP contribution in [0.3, 0.4) is 0 Å². The lowest BCUT2D eigenvalue weighted by molar-refractivity contribution is 1.07. The lowest BCUT2D eigenvalue weighted by atomic mass is 10.6. The van der Waals surface area contributed by atoms with Crippen LogP contribution in [-0.4, -0.2) is 24.6 Å². The Bertz CT molecular complexity index is 59.9. The molecule has 0 unspecified atom stereocenters. The van der Waals surface area contributed by atoms with Gasteiger partial charge in [0, 0.05) is 0 Å². The predicted molar refractivity (Wildman–Crippen MR) is 95.3 cm³/mol. The molecule has 2 heteroatoms. The molecular weight excluding hydrogens is 242 g/mol. The maximum Gasteiger partial charge on any atom is -0.0356 e. The van der Waals surface area contributed by atoms with Gasteiger partial charge in [-0.15, -0.1) is 17.2 Å². The fourth-order valence-corrected chi connectivity index (χ4v) is 2.19. The van der Waals surface area contributed by atoms with Gasteiger partial charge in [0.2, 0.25) is 0 Å². The van der Waals surface area contributed by atoms with Crippen LogP contribution in [0.15, 0.2) is 0 Å². The SMILES string of the molecule is CC.CCC.CCCPCCC.CCPCC. The molecule has 0 heterocycles. The Morgan fingerprint density at radius 1 is 0.588 bits per heavy atom. The second-order valence-electron chi connectivity index (χ2n) is 3.41. The molecule has 17 heavy (non-hydrogen) atoms. The highest BCUT2D eigenvalue weighted by Gasteiger charge is 1.79. The zero-order chi connectivity index (χ0) is 14.4. The molecule has 0 bridgehead atoms. The topological polar surface area (TPSA) is 0 Å². The fourth-order valence-electron chi connectivity index (χ4n) is 0.729. The smallest absolute Gasteiger partial charge is 0.0356 e. The first-order valence-corrected chi connectivity index (χ1v) is 10.5. The van der Waals surface area contributed by atoms with E-state index >= 15 is 0 Å². The highest BCUT2D eigenvalue weighted by atomic mass is 31.1. The van der Waals surface area contributed by atoms with Crippen LogP contribution in [-0.2, 0) is 0 Å². The minimum atomic E-state index is 1.20. The minimum absolute atomic E-state index is 1.20. The normalized spacial score (nSPS) is 7.76. The Morgan fingerprint density at radius 3 is 1.00 bits per heavy atom. The van der Waals surface area contributed by atoms with Crippen molar-refractivity contribution in [2.24, 2.45) is 0 Å². The van der Waals surface area contributed by atoms with Crippen molar-refractivity contribution in [2.45, 2.75) is 74.7 Å². The third kappa shape index (κ3) is 79.1. The van der Waals surface area contributed by atoms with E-state index in [1.165, 1.54) is 61.1 Å². The quantitative estimate of drug-likeness (QED) is 0.379. The Balaban J connectivity index is -0.0000000743. The van der Waals surface area contributed by atoms with E-state index in [-0.39, 0.29) is 0 Å². The lowest BCUT2D eigenvalue weighted by Crippen LogP contribution is -1.72. The molecule has 0 aromatic rings. The van der Waals surface area contributed by atoms with E-state index in [0.29, 0.717) is 0 Å². The van der Waals surface area contributed by atoms with Crippen LogP contribution in [0.4, 0.5) is 0 Å². The minimum Gasteiger partial charge on any atom is -0.123 e. The van der Waals surface area contributed by atoms with E-state index in [1.54, 1.807) is 0 Å². The van der Waals surface area contributed by atoms with Gasteiger partial charge in [-0.3, -0.25) is 0 Å². The van der Waals surface area contributed by atoms with Crippen molar-refractivity contribution in [3.63, 3.8) is 0 Å². The molecule has 0 rings (SSSR count). The number of hydrogen-bond donors (Lipinski definition) is 0. The van der Waals surface area contributed by atoms with Gasteiger partial charge < -0.3 is 0 Å². The molecule has 0 aliphatic carbocycles. The van der Waals surface area contributed by atoms with Crippen LogP contribution in [0.25, 0.3) is 0 Å². The molecule has 0 atom stereocenters. The van der Waals surface area contributed by atoms with Crippen LogP contribution in [0.2, 0.25) is 0 Å². The molecule has 0 saturated heterocycles. The van der Waals surface area contributed by atoms with Gasteiger partial charge in [-0.1, -0.05) is 74.7 Å². The lowest BCUT2D eigenvalue weighted by Gasteiger charge is -1.91. The van der Waals surface area contributed by atoms with Crippen molar-refractivity contribution < 1.29 is 0 Å². The molecule has 0 N–H and O–H groups in total. The molecule has 0 aliphatic heterocycles. The molecule has 0 fully saturated rings. The summed E-state index contributed by atoms with van der Waals surface area (Å²) in [4.78, 5) is 0. The second kappa shape index (κ2) is 43.6. The number of rotatable bonds is 6. The summed E-state index contributed by atoms with van der Waals surface area (Å²) in [6.07, 6.45) is 9.64. The molecule has 0 aromatic carbocycles. The molecule has 0 saturated carbocycles. The third-order valence-corrected chi connectivity index (χ3v) is 4.06. The van der Waals surface area contributed by atoms with Gasteiger partial charge in [-0.05, 0) is 24.6 Å². The van der Waals surface area contributed by atoms with E-state index in [0.717, 1.165) is 0 Å². The highest BCUT2D eigenvalue weighted by Crippen LogP contribution is 2.10.